The van der Waals surface area contributed by atoms with Gasteiger partial charge >= 0.3 is 12.7 Å². The number of amides is 1. The number of ketones is 1. The van der Waals surface area contributed by atoms with Crippen molar-refractivity contribution in [3.05, 3.63) is 54.2 Å². The summed E-state index contributed by atoms with van der Waals surface area (Å²) in [5, 5.41) is 13.3. The van der Waals surface area contributed by atoms with Gasteiger partial charge in [0.1, 0.15) is 17.8 Å². The molecule has 0 bridgehead atoms. The molecule has 1 aromatic carbocycles. The number of nitrogens with zero attached hydrogens (tertiary/aromatic N) is 2. The molecule has 3 heterocycles. The minimum Gasteiger partial charge on any atom is -0.610 e. The van der Waals surface area contributed by atoms with Crippen molar-refractivity contribution in [3.63, 3.8) is 0 Å². The van der Waals surface area contributed by atoms with E-state index in [4.69, 9.17) is 9.31 Å². The van der Waals surface area contributed by atoms with Crippen LogP contribution in [-0.4, -0.2) is 76.7 Å². The number of nitrogens with one attached hydrogen (secondary N) is 1. The number of quaternary nitrogens is 1. The molecule has 1 aromatic heterocycles. The number of hydrogen-bond donors (Lipinski definition) is 2. The number of aromatic nitrogens is 1. The fourth-order valence-corrected chi connectivity index (χ4v) is 6.38. The summed E-state index contributed by atoms with van der Waals surface area (Å²) in [6.07, 6.45) is -0.558. The molecule has 9 nitrogen and oxygen atoms in total. The number of aliphatic hydroxyl groups excluding tert-OH is 1. The molecular formula is C29H40BN3O6. The molecule has 0 spiro atoms. The Morgan fingerprint density at radius 1 is 1.13 bits per heavy atom. The van der Waals surface area contributed by atoms with Gasteiger partial charge in [-0.25, -0.2) is 9.78 Å². The van der Waals surface area contributed by atoms with Crippen molar-refractivity contribution < 1.29 is 33.2 Å². The van der Waals surface area contributed by atoms with Crippen LogP contribution < -0.4 is 5.32 Å². The summed E-state index contributed by atoms with van der Waals surface area (Å²) >= 11 is 0. The van der Waals surface area contributed by atoms with Gasteiger partial charge in [0.2, 0.25) is 0 Å². The molecule has 1 amide bonds. The lowest BCUT2D eigenvalue weighted by molar-refractivity contribution is -0.844. The predicted octanol–water partition coefficient (Wildman–Crippen LogP) is 3.35. The molecule has 7 atom stereocenters. The Morgan fingerprint density at radius 2 is 1.82 bits per heavy atom. The first-order valence-electron chi connectivity index (χ1n) is 13.8. The molecule has 2 saturated heterocycles. The van der Waals surface area contributed by atoms with E-state index in [1.54, 1.807) is 12.1 Å². The van der Waals surface area contributed by atoms with E-state index in [2.05, 4.69) is 10.3 Å². The Balaban J connectivity index is 1.57. The summed E-state index contributed by atoms with van der Waals surface area (Å²) in [5.74, 6) is -1.42. The van der Waals surface area contributed by atoms with Crippen molar-refractivity contribution >= 4 is 24.3 Å². The minimum atomic E-state index is -2.17. The Kier molecular flexibility index (Phi) is 8.30. The van der Waals surface area contributed by atoms with E-state index in [9.17, 15) is 19.5 Å². The quantitative estimate of drug-likeness (QED) is 0.447. The molecule has 2 N–H and O–H groups in total. The smallest absolute Gasteiger partial charge is 0.531 e. The molecule has 0 aliphatic carbocycles. The molecule has 2 aromatic rings. The van der Waals surface area contributed by atoms with E-state index in [0.717, 1.165) is 5.56 Å². The monoisotopic (exact) mass is 537 g/mol. The topological polar surface area (TPSA) is 115 Å². The number of likely N-dealkylation sites (N-methyl/N-ethyl adjacent to an activating group) is 1. The summed E-state index contributed by atoms with van der Waals surface area (Å²) in [6.45, 7) is 7.71. The molecule has 2 unspecified atom stereocenters. The SMILES string of the molecule is CC(C)C[C@H](CC(=O)[C@@H](NC(=O)c1cccc(-c2ccccc2)n1)[C@@H](C)O)[B-]12OC[C@@H](C)[N+]1(C)[C@@H](C)C(=O)O2. The van der Waals surface area contributed by atoms with E-state index in [-0.39, 0.29) is 35.8 Å². The van der Waals surface area contributed by atoms with Gasteiger partial charge in [0, 0.05) is 12.6 Å². The zero-order valence-corrected chi connectivity index (χ0v) is 23.7. The number of carbonyl (C=O) groups is 3. The van der Waals surface area contributed by atoms with Crippen LogP contribution in [0.25, 0.3) is 11.3 Å². The third-order valence-corrected chi connectivity index (χ3v) is 8.76. The zero-order chi connectivity index (χ0) is 28.5. The first-order valence-corrected chi connectivity index (χ1v) is 13.8. The number of fused-ring (bicyclic) bond motifs is 1. The number of carbonyl (C=O) groups excluding carboxylic acids is 3. The third kappa shape index (κ3) is 5.25. The number of hydrogen-bond acceptors (Lipinski definition) is 7. The van der Waals surface area contributed by atoms with Crippen LogP contribution in [0.3, 0.4) is 0 Å². The standard InChI is InChI=1S/C29H40BN3O6/c1-18(2)15-23(30-33(6,19(3)17-38-30)20(4)29(37)39-30)16-26(35)27(21(5)34)32-28(36)25-14-10-13-24(31-25)22-11-8-7-9-12-22/h7-14,18-21,23,27,34H,15-17H2,1-6H3,(H,32,36)/t19-,20+,21-,23-,27+,30?,33?/m1/s1. The molecule has 0 radical (unpaired) electrons. The normalized spacial score (nSPS) is 28.5. The minimum absolute atomic E-state index is 0.00787. The molecule has 2 fully saturated rings. The molecule has 0 saturated carbocycles. The maximum Gasteiger partial charge on any atom is 0.531 e. The number of pyridine rings is 1. The largest absolute Gasteiger partial charge is 0.610 e. The number of rotatable bonds is 10. The Bertz CT molecular complexity index is 1220. The van der Waals surface area contributed by atoms with Crippen LogP contribution in [-0.2, 0) is 18.9 Å². The lowest BCUT2D eigenvalue weighted by Crippen LogP contribution is -2.68. The third-order valence-electron chi connectivity index (χ3n) is 8.76. The first kappa shape index (κ1) is 28.9. The predicted molar refractivity (Wildman–Crippen MR) is 148 cm³/mol. The van der Waals surface area contributed by atoms with Gasteiger partial charge in [-0.05, 0) is 51.1 Å². The highest BCUT2D eigenvalue weighted by Gasteiger charge is 2.70. The van der Waals surface area contributed by atoms with Crippen molar-refractivity contribution in [2.45, 2.75) is 77.5 Å². The summed E-state index contributed by atoms with van der Waals surface area (Å²) in [4.78, 5) is 44.2. The highest BCUT2D eigenvalue weighted by molar-refractivity contribution is 6.65. The van der Waals surface area contributed by atoms with E-state index < -0.39 is 36.6 Å². The average molecular weight is 537 g/mol. The fraction of sp³-hybridized carbons (Fsp3) is 0.517. The Morgan fingerprint density at radius 3 is 2.46 bits per heavy atom. The summed E-state index contributed by atoms with van der Waals surface area (Å²) < 4.78 is 12.6. The van der Waals surface area contributed by atoms with Gasteiger partial charge in [-0.15, -0.1) is 0 Å². The Hall–Kier alpha value is -3.08. The van der Waals surface area contributed by atoms with E-state index in [1.807, 2.05) is 71.1 Å². The second-order valence-electron chi connectivity index (χ2n) is 11.8. The summed E-state index contributed by atoms with van der Waals surface area (Å²) in [5.41, 5.74) is 1.64. The van der Waals surface area contributed by atoms with Crippen LogP contribution in [0.5, 0.6) is 0 Å². The van der Waals surface area contributed by atoms with E-state index in [0.29, 0.717) is 23.1 Å². The van der Waals surface area contributed by atoms with Crippen LogP contribution >= 0.6 is 0 Å². The number of aliphatic hydroxyl groups is 1. The van der Waals surface area contributed by atoms with Crippen molar-refractivity contribution in [1.29, 1.82) is 0 Å². The van der Waals surface area contributed by atoms with Crippen LogP contribution in [0, 0.1) is 5.92 Å². The van der Waals surface area contributed by atoms with E-state index in [1.165, 1.54) is 6.92 Å². The highest BCUT2D eigenvalue weighted by atomic mass is 16.7. The fourth-order valence-electron chi connectivity index (χ4n) is 6.38. The van der Waals surface area contributed by atoms with Crippen molar-refractivity contribution in [2.24, 2.45) is 5.92 Å². The zero-order valence-electron chi connectivity index (χ0n) is 23.7. The van der Waals surface area contributed by atoms with Gasteiger partial charge in [-0.3, -0.25) is 9.59 Å². The molecule has 39 heavy (non-hydrogen) atoms. The molecule has 4 rings (SSSR count). The molecule has 210 valence electrons. The lowest BCUT2D eigenvalue weighted by atomic mass is 9.51. The van der Waals surface area contributed by atoms with Gasteiger partial charge < -0.3 is 24.1 Å². The Labute approximate surface area is 230 Å². The van der Waals surface area contributed by atoms with Crippen molar-refractivity contribution in [1.82, 2.24) is 10.3 Å². The van der Waals surface area contributed by atoms with Crippen molar-refractivity contribution in [2.75, 3.05) is 13.7 Å². The number of benzene rings is 1. The first-order chi connectivity index (χ1) is 18.4. The van der Waals surface area contributed by atoms with E-state index >= 15 is 0 Å². The maximum absolute atomic E-state index is 13.7. The summed E-state index contributed by atoms with van der Waals surface area (Å²) in [7, 11) is 1.98. The number of Topliss-reactive ketones (excluding diaryl/α,β-unsaturated/α-hetero) is 1. The lowest BCUT2D eigenvalue weighted by Gasteiger charge is -2.51. The van der Waals surface area contributed by atoms with Crippen LogP contribution in [0.15, 0.2) is 48.5 Å². The second-order valence-corrected chi connectivity index (χ2v) is 11.8. The van der Waals surface area contributed by atoms with Crippen LogP contribution in [0.2, 0.25) is 5.82 Å². The molecular weight excluding hydrogens is 497 g/mol. The summed E-state index contributed by atoms with van der Waals surface area (Å²) in [6, 6.07) is 13.0. The average Bonchev–Trinajstić information content (AvgIpc) is 3.28. The molecule has 2 aliphatic rings. The van der Waals surface area contributed by atoms with Crippen LogP contribution in [0.1, 0.15) is 57.9 Å². The van der Waals surface area contributed by atoms with Crippen LogP contribution in [0.4, 0.5) is 0 Å². The highest BCUT2D eigenvalue weighted by Crippen LogP contribution is 2.50. The van der Waals surface area contributed by atoms with Gasteiger partial charge in [-0.2, -0.15) is 0 Å². The van der Waals surface area contributed by atoms with Crippen molar-refractivity contribution in [3.8, 4) is 11.3 Å². The van der Waals surface area contributed by atoms with Gasteiger partial charge in [0.25, 0.3) is 5.91 Å². The molecule has 10 heteroatoms. The van der Waals surface area contributed by atoms with Gasteiger partial charge in [0.15, 0.2) is 5.78 Å². The van der Waals surface area contributed by atoms with Gasteiger partial charge in [0.05, 0.1) is 24.4 Å². The molecule has 2 aliphatic heterocycles. The second kappa shape index (κ2) is 11.2. The maximum atomic E-state index is 13.7. The van der Waals surface area contributed by atoms with Gasteiger partial charge in [-0.1, -0.05) is 56.7 Å².